The van der Waals surface area contributed by atoms with E-state index in [0.29, 0.717) is 5.82 Å². The van der Waals surface area contributed by atoms with Gasteiger partial charge < -0.3 is 4.42 Å². The van der Waals surface area contributed by atoms with Crippen LogP contribution in [-0.2, 0) is 0 Å². The molecule has 0 radical (unpaired) electrons. The van der Waals surface area contributed by atoms with Crippen molar-refractivity contribution < 1.29 is 4.42 Å². The van der Waals surface area contributed by atoms with Gasteiger partial charge in [0.1, 0.15) is 11.2 Å². The van der Waals surface area contributed by atoms with E-state index in [4.69, 9.17) is 14.4 Å². The topological polar surface area (TPSA) is 38.9 Å². The van der Waals surface area contributed by atoms with Gasteiger partial charge in [-0.3, -0.25) is 0 Å². The van der Waals surface area contributed by atoms with Gasteiger partial charge in [-0.25, -0.2) is 9.97 Å². The molecule has 0 bridgehead atoms. The van der Waals surface area contributed by atoms with E-state index < -0.39 is 0 Å². The molecule has 8 rings (SSSR count). The molecule has 0 saturated heterocycles. The second kappa shape index (κ2) is 10.6. The van der Waals surface area contributed by atoms with Gasteiger partial charge in [0, 0.05) is 27.5 Å². The van der Waals surface area contributed by atoms with E-state index in [9.17, 15) is 0 Å². The van der Waals surface area contributed by atoms with Gasteiger partial charge in [-0.1, -0.05) is 121 Å². The van der Waals surface area contributed by atoms with Crippen molar-refractivity contribution in [1.29, 1.82) is 0 Å². The maximum atomic E-state index is 6.38. The van der Waals surface area contributed by atoms with Crippen LogP contribution in [-0.4, -0.2) is 9.97 Å². The number of nitrogens with zero attached hydrogens (tertiary/aromatic N) is 2. The molecule has 0 aliphatic carbocycles. The van der Waals surface area contributed by atoms with Crippen molar-refractivity contribution in [1.82, 2.24) is 9.97 Å². The summed E-state index contributed by atoms with van der Waals surface area (Å²) in [6, 6.07) is 54.4. The fraction of sp³-hybridized carbons (Fsp3) is 0. The maximum absolute atomic E-state index is 6.38. The minimum Gasteiger partial charge on any atom is -0.456 e. The zero-order valence-corrected chi connectivity index (χ0v) is 23.3. The molecule has 8 aromatic rings. The molecule has 6 aromatic carbocycles. The standard InChI is InChI=1S/C40H26N2O/c1-4-11-27(12-5-1)30-17-10-18-31(23-30)32-20-22-38-35(24-32)34-21-19-33(25-39(34)43-38)37-26-36(28-13-6-2-7-14-28)41-40(42-37)29-15-8-3-9-16-29/h1-26H. The third-order valence-corrected chi connectivity index (χ3v) is 7.90. The second-order valence-electron chi connectivity index (χ2n) is 10.7. The summed E-state index contributed by atoms with van der Waals surface area (Å²) in [6.07, 6.45) is 0. The van der Waals surface area contributed by atoms with Gasteiger partial charge in [-0.05, 0) is 58.7 Å². The van der Waals surface area contributed by atoms with Crippen molar-refractivity contribution in [2.24, 2.45) is 0 Å². The van der Waals surface area contributed by atoms with E-state index in [1.807, 2.05) is 54.6 Å². The largest absolute Gasteiger partial charge is 0.456 e. The lowest BCUT2D eigenvalue weighted by Crippen LogP contribution is -1.95. The van der Waals surface area contributed by atoms with Crippen molar-refractivity contribution in [3.05, 3.63) is 158 Å². The average Bonchev–Trinajstić information content (AvgIpc) is 3.46. The molecule has 2 heterocycles. The van der Waals surface area contributed by atoms with E-state index in [-0.39, 0.29) is 0 Å². The van der Waals surface area contributed by atoms with Gasteiger partial charge in [0.2, 0.25) is 0 Å². The van der Waals surface area contributed by atoms with Crippen molar-refractivity contribution in [3.8, 4) is 56.2 Å². The number of aromatic nitrogens is 2. The first kappa shape index (κ1) is 25.0. The minimum absolute atomic E-state index is 0.698. The van der Waals surface area contributed by atoms with E-state index in [2.05, 4.69) is 103 Å². The van der Waals surface area contributed by atoms with Crippen LogP contribution < -0.4 is 0 Å². The van der Waals surface area contributed by atoms with Crippen LogP contribution in [0.2, 0.25) is 0 Å². The molecule has 2 aromatic heterocycles. The molecular formula is C40H26N2O. The Hall–Kier alpha value is -5.80. The summed E-state index contributed by atoms with van der Waals surface area (Å²) in [5.74, 6) is 0.698. The van der Waals surface area contributed by atoms with E-state index >= 15 is 0 Å². The first-order valence-electron chi connectivity index (χ1n) is 14.4. The number of fused-ring (bicyclic) bond motifs is 3. The molecule has 0 spiro atoms. The Labute approximate surface area is 249 Å². The Kier molecular flexibility index (Phi) is 6.12. The predicted molar refractivity (Wildman–Crippen MR) is 176 cm³/mol. The number of furan rings is 1. The third-order valence-electron chi connectivity index (χ3n) is 7.90. The Morgan fingerprint density at radius 2 is 0.884 bits per heavy atom. The molecule has 0 saturated carbocycles. The molecule has 43 heavy (non-hydrogen) atoms. The van der Waals surface area contributed by atoms with Gasteiger partial charge in [0.15, 0.2) is 5.82 Å². The first-order chi connectivity index (χ1) is 21.3. The van der Waals surface area contributed by atoms with Crippen molar-refractivity contribution in [2.45, 2.75) is 0 Å². The summed E-state index contributed by atoms with van der Waals surface area (Å²) < 4.78 is 6.38. The van der Waals surface area contributed by atoms with Crippen LogP contribution in [0.25, 0.3) is 78.1 Å². The Morgan fingerprint density at radius 1 is 0.326 bits per heavy atom. The molecule has 0 fully saturated rings. The van der Waals surface area contributed by atoms with Crippen molar-refractivity contribution in [3.63, 3.8) is 0 Å². The summed E-state index contributed by atoms with van der Waals surface area (Å²) in [6.45, 7) is 0. The molecule has 3 heteroatoms. The highest BCUT2D eigenvalue weighted by Gasteiger charge is 2.14. The van der Waals surface area contributed by atoms with Gasteiger partial charge in [-0.15, -0.1) is 0 Å². The summed E-state index contributed by atoms with van der Waals surface area (Å²) in [4.78, 5) is 9.92. The van der Waals surface area contributed by atoms with Crippen LogP contribution in [0.1, 0.15) is 0 Å². The zero-order chi connectivity index (χ0) is 28.6. The zero-order valence-electron chi connectivity index (χ0n) is 23.3. The lowest BCUT2D eigenvalue weighted by molar-refractivity contribution is 0.669. The second-order valence-corrected chi connectivity index (χ2v) is 10.7. The fourth-order valence-corrected chi connectivity index (χ4v) is 5.69. The molecule has 0 amide bonds. The minimum atomic E-state index is 0.698. The molecule has 0 unspecified atom stereocenters. The monoisotopic (exact) mass is 550 g/mol. The average molecular weight is 551 g/mol. The molecule has 0 aliphatic rings. The first-order valence-corrected chi connectivity index (χ1v) is 14.4. The highest BCUT2D eigenvalue weighted by molar-refractivity contribution is 6.07. The van der Waals surface area contributed by atoms with Crippen LogP contribution in [0.3, 0.4) is 0 Å². The van der Waals surface area contributed by atoms with Crippen LogP contribution >= 0.6 is 0 Å². The normalized spacial score (nSPS) is 11.3. The van der Waals surface area contributed by atoms with E-state index in [1.54, 1.807) is 0 Å². The SMILES string of the molecule is c1ccc(-c2cccc(-c3ccc4oc5cc(-c6cc(-c7ccccc7)nc(-c7ccccc7)n6)ccc5c4c3)c2)cc1. The van der Waals surface area contributed by atoms with E-state index in [0.717, 1.165) is 55.6 Å². The molecular weight excluding hydrogens is 524 g/mol. The highest BCUT2D eigenvalue weighted by atomic mass is 16.3. The van der Waals surface area contributed by atoms with Crippen molar-refractivity contribution >= 4 is 21.9 Å². The lowest BCUT2D eigenvalue weighted by atomic mass is 9.98. The lowest BCUT2D eigenvalue weighted by Gasteiger charge is -2.09. The summed E-state index contributed by atoms with van der Waals surface area (Å²) in [5.41, 5.74) is 11.2. The third kappa shape index (κ3) is 4.77. The van der Waals surface area contributed by atoms with Gasteiger partial charge >= 0.3 is 0 Å². The fourth-order valence-electron chi connectivity index (χ4n) is 5.69. The van der Waals surface area contributed by atoms with Gasteiger partial charge in [0.05, 0.1) is 11.4 Å². The summed E-state index contributed by atoms with van der Waals surface area (Å²) in [7, 11) is 0. The number of hydrogen-bond acceptors (Lipinski definition) is 3. The summed E-state index contributed by atoms with van der Waals surface area (Å²) in [5, 5.41) is 2.18. The number of rotatable bonds is 5. The Balaban J connectivity index is 1.22. The van der Waals surface area contributed by atoms with Crippen LogP contribution in [0, 0.1) is 0 Å². The quantitative estimate of drug-likeness (QED) is 0.214. The summed E-state index contributed by atoms with van der Waals surface area (Å²) >= 11 is 0. The van der Waals surface area contributed by atoms with Crippen molar-refractivity contribution in [2.75, 3.05) is 0 Å². The molecule has 0 N–H and O–H groups in total. The predicted octanol–water partition coefficient (Wildman–Crippen LogP) is 10.7. The Morgan fingerprint density at radius 3 is 1.60 bits per heavy atom. The smallest absolute Gasteiger partial charge is 0.160 e. The van der Waals surface area contributed by atoms with Gasteiger partial charge in [-0.2, -0.15) is 0 Å². The number of benzene rings is 6. The highest BCUT2D eigenvalue weighted by Crippen LogP contribution is 2.36. The number of hydrogen-bond donors (Lipinski definition) is 0. The molecule has 0 aliphatic heterocycles. The van der Waals surface area contributed by atoms with E-state index in [1.165, 1.54) is 16.7 Å². The van der Waals surface area contributed by atoms with Crippen LogP contribution in [0.4, 0.5) is 0 Å². The van der Waals surface area contributed by atoms with Crippen LogP contribution in [0.15, 0.2) is 162 Å². The molecule has 3 nitrogen and oxygen atoms in total. The maximum Gasteiger partial charge on any atom is 0.160 e. The van der Waals surface area contributed by atoms with Gasteiger partial charge in [0.25, 0.3) is 0 Å². The molecule has 202 valence electrons. The Bertz CT molecular complexity index is 2160. The van der Waals surface area contributed by atoms with Crippen LogP contribution in [0.5, 0.6) is 0 Å². The molecule has 0 atom stereocenters.